The summed E-state index contributed by atoms with van der Waals surface area (Å²) >= 11 is 0. The number of methoxy groups -OCH3 is 1. The Hall–Kier alpha value is -2.04. The number of phenolic OH excluding ortho intramolecular Hbond substituents is 1. The molecule has 24 heavy (non-hydrogen) atoms. The molecular weight excluding hydrogens is 306 g/mol. The van der Waals surface area contributed by atoms with Crippen LogP contribution in [-0.4, -0.2) is 30.6 Å². The van der Waals surface area contributed by atoms with Gasteiger partial charge in [0, 0.05) is 12.5 Å². The third kappa shape index (κ3) is 5.55. The average Bonchev–Trinajstić information content (AvgIpc) is 2.88. The van der Waals surface area contributed by atoms with Crippen LogP contribution in [0.15, 0.2) is 24.3 Å². The minimum atomic E-state index is -0.422. The lowest BCUT2D eigenvalue weighted by Gasteiger charge is -2.18. The molecule has 0 bridgehead atoms. The lowest BCUT2D eigenvalue weighted by Crippen LogP contribution is -2.38. The van der Waals surface area contributed by atoms with Gasteiger partial charge < -0.3 is 15.2 Å². The van der Waals surface area contributed by atoms with Gasteiger partial charge in [-0.2, -0.15) is 0 Å². The molecule has 2 N–H and O–H groups in total. The molecule has 0 aliphatic heterocycles. The van der Waals surface area contributed by atoms with E-state index < -0.39 is 5.92 Å². The van der Waals surface area contributed by atoms with Crippen LogP contribution < -0.4 is 5.32 Å². The molecule has 0 unspecified atom stereocenters. The van der Waals surface area contributed by atoms with Crippen molar-refractivity contribution >= 4 is 11.9 Å². The zero-order chi connectivity index (χ0) is 17.4. The van der Waals surface area contributed by atoms with Crippen molar-refractivity contribution in [2.75, 3.05) is 13.7 Å². The number of phenols is 1. The highest BCUT2D eigenvalue weighted by Crippen LogP contribution is 2.23. The Bertz CT molecular complexity index is 533. The Balaban J connectivity index is 1.91. The average molecular weight is 333 g/mol. The molecule has 1 atom stereocenters. The summed E-state index contributed by atoms with van der Waals surface area (Å²) in [7, 11) is 1.36. The summed E-state index contributed by atoms with van der Waals surface area (Å²) in [4.78, 5) is 24.4. The monoisotopic (exact) mass is 333 g/mol. The second kappa shape index (κ2) is 9.30. The van der Waals surface area contributed by atoms with E-state index in [0.717, 1.165) is 31.2 Å². The van der Waals surface area contributed by atoms with Crippen molar-refractivity contribution in [1.82, 2.24) is 5.32 Å². The maximum Gasteiger partial charge on any atom is 0.310 e. The molecule has 1 aromatic carbocycles. The standard InChI is InChI=1S/C19H27NO4/c1-24-19(23)16(12-14-8-10-17(21)11-9-14)13-20-18(22)15-6-4-2-3-5-7-15/h8-11,15-16,21H,2-7,12-13H2,1H3,(H,20,22)/t16-/m0/s1. The Morgan fingerprint density at radius 2 is 1.79 bits per heavy atom. The maximum absolute atomic E-state index is 12.4. The van der Waals surface area contributed by atoms with Crippen LogP contribution in [0, 0.1) is 11.8 Å². The molecule has 5 nitrogen and oxygen atoms in total. The van der Waals surface area contributed by atoms with Gasteiger partial charge in [-0.15, -0.1) is 0 Å². The van der Waals surface area contributed by atoms with E-state index in [-0.39, 0.29) is 30.1 Å². The molecule has 1 amide bonds. The van der Waals surface area contributed by atoms with Gasteiger partial charge >= 0.3 is 5.97 Å². The molecule has 1 saturated carbocycles. The third-order valence-corrected chi connectivity index (χ3v) is 4.70. The van der Waals surface area contributed by atoms with Gasteiger partial charge in [-0.05, 0) is 37.0 Å². The fourth-order valence-corrected chi connectivity index (χ4v) is 3.23. The van der Waals surface area contributed by atoms with Gasteiger partial charge in [0.25, 0.3) is 0 Å². The van der Waals surface area contributed by atoms with E-state index in [9.17, 15) is 14.7 Å². The van der Waals surface area contributed by atoms with Crippen LogP contribution in [0.2, 0.25) is 0 Å². The molecule has 2 rings (SSSR count). The van der Waals surface area contributed by atoms with E-state index in [0.29, 0.717) is 6.42 Å². The fourth-order valence-electron chi connectivity index (χ4n) is 3.23. The first kappa shape index (κ1) is 18.3. The van der Waals surface area contributed by atoms with Gasteiger partial charge in [-0.3, -0.25) is 9.59 Å². The molecule has 0 spiro atoms. The zero-order valence-electron chi connectivity index (χ0n) is 14.3. The Morgan fingerprint density at radius 1 is 1.17 bits per heavy atom. The first-order valence-electron chi connectivity index (χ1n) is 8.73. The van der Waals surface area contributed by atoms with Gasteiger partial charge in [-0.25, -0.2) is 0 Å². The van der Waals surface area contributed by atoms with Gasteiger partial charge in [-0.1, -0.05) is 37.8 Å². The summed E-state index contributed by atoms with van der Waals surface area (Å²) in [5.41, 5.74) is 0.923. The topological polar surface area (TPSA) is 75.6 Å². The zero-order valence-corrected chi connectivity index (χ0v) is 14.3. The number of hydrogen-bond donors (Lipinski definition) is 2. The van der Waals surface area contributed by atoms with Crippen molar-refractivity contribution in [3.05, 3.63) is 29.8 Å². The number of hydrogen-bond acceptors (Lipinski definition) is 4. The Morgan fingerprint density at radius 3 is 2.38 bits per heavy atom. The Labute approximate surface area is 143 Å². The van der Waals surface area contributed by atoms with Crippen molar-refractivity contribution in [2.45, 2.75) is 44.9 Å². The molecule has 5 heteroatoms. The molecule has 132 valence electrons. The summed E-state index contributed by atoms with van der Waals surface area (Å²) in [5.74, 6) is -0.440. The van der Waals surface area contributed by atoms with E-state index >= 15 is 0 Å². The van der Waals surface area contributed by atoms with Crippen molar-refractivity contribution in [2.24, 2.45) is 11.8 Å². The largest absolute Gasteiger partial charge is 0.508 e. The van der Waals surface area contributed by atoms with E-state index in [1.807, 2.05) is 0 Å². The highest BCUT2D eigenvalue weighted by atomic mass is 16.5. The SMILES string of the molecule is COC(=O)[C@H](CNC(=O)C1CCCCCC1)Cc1ccc(O)cc1. The summed E-state index contributed by atoms with van der Waals surface area (Å²) in [6.07, 6.45) is 6.96. The lowest BCUT2D eigenvalue weighted by atomic mass is 9.97. The van der Waals surface area contributed by atoms with Crippen LogP contribution in [0.25, 0.3) is 0 Å². The van der Waals surface area contributed by atoms with Crippen LogP contribution >= 0.6 is 0 Å². The molecule has 0 saturated heterocycles. The van der Waals surface area contributed by atoms with Crippen molar-refractivity contribution in [1.29, 1.82) is 0 Å². The molecule has 1 aliphatic carbocycles. The van der Waals surface area contributed by atoms with E-state index in [4.69, 9.17) is 4.74 Å². The molecule has 1 fully saturated rings. The first-order valence-corrected chi connectivity index (χ1v) is 8.73. The highest BCUT2D eigenvalue weighted by Gasteiger charge is 2.24. The normalized spacial score (nSPS) is 16.9. The number of ether oxygens (including phenoxy) is 1. The maximum atomic E-state index is 12.4. The van der Waals surface area contributed by atoms with E-state index in [2.05, 4.69) is 5.32 Å². The summed E-state index contributed by atoms with van der Waals surface area (Å²) in [6.45, 7) is 0.281. The predicted molar refractivity (Wildman–Crippen MR) is 91.5 cm³/mol. The smallest absolute Gasteiger partial charge is 0.310 e. The third-order valence-electron chi connectivity index (χ3n) is 4.70. The molecule has 0 heterocycles. The summed E-state index contributed by atoms with van der Waals surface area (Å²) in [5, 5.41) is 12.3. The highest BCUT2D eigenvalue weighted by molar-refractivity contribution is 5.80. The van der Waals surface area contributed by atoms with Gasteiger partial charge in [0.05, 0.1) is 13.0 Å². The van der Waals surface area contributed by atoms with Crippen LogP contribution in [0.3, 0.4) is 0 Å². The number of esters is 1. The minimum absolute atomic E-state index is 0.0523. The molecule has 0 aromatic heterocycles. The molecular formula is C19H27NO4. The predicted octanol–water partition coefficient (Wildman–Crippen LogP) is 2.81. The number of rotatable bonds is 6. The molecule has 1 aliphatic rings. The van der Waals surface area contributed by atoms with Crippen LogP contribution in [0.5, 0.6) is 5.75 Å². The Kier molecular flexibility index (Phi) is 7.09. The molecule has 0 radical (unpaired) electrons. The number of amides is 1. The first-order chi connectivity index (χ1) is 11.6. The van der Waals surface area contributed by atoms with Crippen LogP contribution in [0.1, 0.15) is 44.1 Å². The molecule has 1 aromatic rings. The summed E-state index contributed by atoms with van der Waals surface area (Å²) < 4.78 is 4.87. The minimum Gasteiger partial charge on any atom is -0.508 e. The van der Waals surface area contributed by atoms with Gasteiger partial charge in [0.2, 0.25) is 5.91 Å². The van der Waals surface area contributed by atoms with E-state index in [1.165, 1.54) is 20.0 Å². The number of carbonyl (C=O) groups is 2. The number of carbonyl (C=O) groups excluding carboxylic acids is 2. The lowest BCUT2D eigenvalue weighted by molar-refractivity contribution is -0.145. The quantitative estimate of drug-likeness (QED) is 0.620. The van der Waals surface area contributed by atoms with Crippen molar-refractivity contribution in [3.63, 3.8) is 0 Å². The van der Waals surface area contributed by atoms with Crippen LogP contribution in [0.4, 0.5) is 0 Å². The van der Waals surface area contributed by atoms with Gasteiger partial charge in [0.1, 0.15) is 5.75 Å². The fraction of sp³-hybridized carbons (Fsp3) is 0.579. The van der Waals surface area contributed by atoms with E-state index in [1.54, 1.807) is 24.3 Å². The van der Waals surface area contributed by atoms with Crippen molar-refractivity contribution in [3.8, 4) is 5.75 Å². The number of nitrogens with one attached hydrogen (secondary N) is 1. The number of aromatic hydroxyl groups is 1. The van der Waals surface area contributed by atoms with Crippen LogP contribution in [-0.2, 0) is 20.7 Å². The number of benzene rings is 1. The second-order valence-corrected chi connectivity index (χ2v) is 6.52. The summed E-state index contributed by atoms with van der Waals surface area (Å²) in [6, 6.07) is 6.73. The van der Waals surface area contributed by atoms with Gasteiger partial charge in [0.15, 0.2) is 0 Å². The van der Waals surface area contributed by atoms with Crippen molar-refractivity contribution < 1.29 is 19.4 Å². The second-order valence-electron chi connectivity index (χ2n) is 6.52.